The average Bonchev–Trinajstić information content (AvgIpc) is 2.21. The molecule has 0 saturated heterocycles. The zero-order valence-electron chi connectivity index (χ0n) is 12.8. The molecule has 0 radical (unpaired) electrons. The fourth-order valence-electron chi connectivity index (χ4n) is 1.62. The number of carbonyl (C=O) groups is 1. The van der Waals surface area contributed by atoms with Crippen molar-refractivity contribution in [1.82, 2.24) is 5.32 Å². The minimum Gasteiger partial charge on any atom is -0.371 e. The molecule has 0 rings (SSSR count). The lowest BCUT2D eigenvalue weighted by atomic mass is 9.89. The fraction of sp³-hybridized carbons (Fsp3) is 0.933. The average molecular weight is 257 g/mol. The van der Waals surface area contributed by atoms with Gasteiger partial charge in [-0.25, -0.2) is 0 Å². The Kier molecular flexibility index (Phi) is 9.08. The normalized spacial score (nSPS) is 11.9. The van der Waals surface area contributed by atoms with E-state index in [9.17, 15) is 4.79 Å². The van der Waals surface area contributed by atoms with Crippen LogP contribution in [0.4, 0.5) is 0 Å². The molecule has 3 heteroatoms. The number of unbranched alkanes of at least 4 members (excludes halogenated alkanes) is 2. The van der Waals surface area contributed by atoms with E-state index < -0.39 is 0 Å². The summed E-state index contributed by atoms with van der Waals surface area (Å²) in [5, 5.41) is 2.89. The first-order chi connectivity index (χ1) is 8.31. The lowest BCUT2D eigenvalue weighted by Gasteiger charge is -2.17. The third-order valence-electron chi connectivity index (χ3n) is 2.61. The second-order valence-corrected chi connectivity index (χ2v) is 6.63. The topological polar surface area (TPSA) is 38.3 Å². The van der Waals surface area contributed by atoms with Crippen LogP contribution < -0.4 is 5.32 Å². The van der Waals surface area contributed by atoms with Gasteiger partial charge in [-0.3, -0.25) is 4.79 Å². The van der Waals surface area contributed by atoms with Crippen LogP contribution in [-0.4, -0.2) is 25.7 Å². The van der Waals surface area contributed by atoms with Crippen molar-refractivity contribution in [2.75, 3.05) is 19.8 Å². The van der Waals surface area contributed by atoms with E-state index >= 15 is 0 Å². The fourth-order valence-corrected chi connectivity index (χ4v) is 1.62. The van der Waals surface area contributed by atoms with Crippen molar-refractivity contribution in [3.63, 3.8) is 0 Å². The predicted octanol–water partition coefficient (Wildman–Crippen LogP) is 3.38. The van der Waals surface area contributed by atoms with Crippen LogP contribution in [0, 0.1) is 11.3 Å². The summed E-state index contributed by atoms with van der Waals surface area (Å²) in [5.41, 5.74) is 0.425. The van der Waals surface area contributed by atoms with E-state index in [1.54, 1.807) is 0 Å². The van der Waals surface area contributed by atoms with Gasteiger partial charge in [0.2, 0.25) is 5.91 Å². The van der Waals surface area contributed by atoms with E-state index in [-0.39, 0.29) is 12.5 Å². The number of hydrogen-bond donors (Lipinski definition) is 1. The third kappa shape index (κ3) is 13.5. The SMILES string of the molecule is CC(C)COCC(=O)NCCCCCC(C)(C)C. The Hall–Kier alpha value is -0.570. The van der Waals surface area contributed by atoms with Crippen LogP contribution >= 0.6 is 0 Å². The molecule has 0 aliphatic rings. The largest absolute Gasteiger partial charge is 0.371 e. The Bertz CT molecular complexity index is 219. The van der Waals surface area contributed by atoms with Gasteiger partial charge in [0.15, 0.2) is 0 Å². The molecule has 0 atom stereocenters. The second kappa shape index (κ2) is 9.37. The number of ether oxygens (including phenoxy) is 1. The molecule has 0 spiro atoms. The first-order valence-electron chi connectivity index (χ1n) is 7.16. The van der Waals surface area contributed by atoms with Gasteiger partial charge in [0, 0.05) is 13.2 Å². The number of amides is 1. The summed E-state index contributed by atoms with van der Waals surface area (Å²) in [6.45, 7) is 12.6. The van der Waals surface area contributed by atoms with E-state index in [1.165, 1.54) is 19.3 Å². The summed E-state index contributed by atoms with van der Waals surface area (Å²) in [6, 6.07) is 0. The third-order valence-corrected chi connectivity index (χ3v) is 2.61. The molecule has 18 heavy (non-hydrogen) atoms. The zero-order chi connectivity index (χ0) is 14.0. The van der Waals surface area contributed by atoms with E-state index in [2.05, 4.69) is 39.9 Å². The van der Waals surface area contributed by atoms with Crippen LogP contribution in [0.15, 0.2) is 0 Å². The molecular weight excluding hydrogens is 226 g/mol. The summed E-state index contributed by atoms with van der Waals surface area (Å²) in [7, 11) is 0. The molecule has 0 unspecified atom stereocenters. The smallest absolute Gasteiger partial charge is 0.245 e. The molecule has 0 aliphatic heterocycles. The number of rotatable bonds is 9. The minimum atomic E-state index is 0.00599. The Morgan fingerprint density at radius 3 is 2.39 bits per heavy atom. The second-order valence-electron chi connectivity index (χ2n) is 6.63. The molecule has 0 bridgehead atoms. The lowest BCUT2D eigenvalue weighted by molar-refractivity contribution is -0.126. The molecular formula is C15H31NO2. The van der Waals surface area contributed by atoms with Crippen LogP contribution in [0.2, 0.25) is 0 Å². The summed E-state index contributed by atoms with van der Waals surface area (Å²) in [4.78, 5) is 11.4. The Labute approximate surface area is 113 Å². The van der Waals surface area contributed by atoms with Gasteiger partial charge in [0.05, 0.1) is 0 Å². The van der Waals surface area contributed by atoms with Crippen molar-refractivity contribution in [2.45, 2.75) is 60.3 Å². The van der Waals surface area contributed by atoms with E-state index in [4.69, 9.17) is 4.74 Å². The van der Waals surface area contributed by atoms with Crippen molar-refractivity contribution in [1.29, 1.82) is 0 Å². The summed E-state index contributed by atoms with van der Waals surface area (Å²) >= 11 is 0. The van der Waals surface area contributed by atoms with Gasteiger partial charge in [0.25, 0.3) is 0 Å². The number of carbonyl (C=O) groups excluding carboxylic acids is 1. The molecule has 0 heterocycles. The molecule has 0 saturated carbocycles. The highest BCUT2D eigenvalue weighted by Crippen LogP contribution is 2.21. The first-order valence-corrected chi connectivity index (χ1v) is 7.16. The van der Waals surface area contributed by atoms with E-state index in [0.717, 1.165) is 13.0 Å². The standard InChI is InChI=1S/C15H31NO2/c1-13(2)11-18-12-14(17)16-10-8-6-7-9-15(3,4)5/h13H,6-12H2,1-5H3,(H,16,17). The highest BCUT2D eigenvalue weighted by Gasteiger charge is 2.08. The lowest BCUT2D eigenvalue weighted by Crippen LogP contribution is -2.29. The van der Waals surface area contributed by atoms with Crippen LogP contribution in [0.25, 0.3) is 0 Å². The Morgan fingerprint density at radius 1 is 1.17 bits per heavy atom. The molecule has 0 aromatic carbocycles. The van der Waals surface area contributed by atoms with Gasteiger partial charge < -0.3 is 10.1 Å². The molecule has 0 aliphatic carbocycles. The Morgan fingerprint density at radius 2 is 1.83 bits per heavy atom. The van der Waals surface area contributed by atoms with Crippen molar-refractivity contribution in [2.24, 2.45) is 11.3 Å². The monoisotopic (exact) mass is 257 g/mol. The van der Waals surface area contributed by atoms with Crippen molar-refractivity contribution >= 4 is 5.91 Å². The number of hydrogen-bond acceptors (Lipinski definition) is 2. The van der Waals surface area contributed by atoms with E-state index in [0.29, 0.717) is 17.9 Å². The predicted molar refractivity (Wildman–Crippen MR) is 76.6 cm³/mol. The van der Waals surface area contributed by atoms with Crippen molar-refractivity contribution < 1.29 is 9.53 Å². The molecule has 3 nitrogen and oxygen atoms in total. The van der Waals surface area contributed by atoms with E-state index in [1.807, 2.05) is 0 Å². The van der Waals surface area contributed by atoms with Crippen LogP contribution in [0.3, 0.4) is 0 Å². The van der Waals surface area contributed by atoms with Gasteiger partial charge in [0.1, 0.15) is 6.61 Å². The van der Waals surface area contributed by atoms with Crippen molar-refractivity contribution in [3.05, 3.63) is 0 Å². The molecule has 108 valence electrons. The van der Waals surface area contributed by atoms with Crippen LogP contribution in [0.5, 0.6) is 0 Å². The molecule has 0 aromatic heterocycles. The van der Waals surface area contributed by atoms with Gasteiger partial charge in [-0.2, -0.15) is 0 Å². The Balaban J connectivity index is 3.30. The molecule has 1 N–H and O–H groups in total. The van der Waals surface area contributed by atoms with Crippen LogP contribution in [0.1, 0.15) is 60.3 Å². The summed E-state index contributed by atoms with van der Waals surface area (Å²) in [6.07, 6.45) is 4.73. The van der Waals surface area contributed by atoms with Gasteiger partial charge >= 0.3 is 0 Å². The zero-order valence-corrected chi connectivity index (χ0v) is 12.8. The molecule has 0 aromatic rings. The highest BCUT2D eigenvalue weighted by atomic mass is 16.5. The van der Waals surface area contributed by atoms with Gasteiger partial charge in [-0.15, -0.1) is 0 Å². The highest BCUT2D eigenvalue weighted by molar-refractivity contribution is 5.77. The maximum absolute atomic E-state index is 11.4. The minimum absolute atomic E-state index is 0.00599. The van der Waals surface area contributed by atoms with Gasteiger partial charge in [-0.05, 0) is 24.2 Å². The summed E-state index contributed by atoms with van der Waals surface area (Å²) < 4.78 is 5.27. The molecule has 0 fully saturated rings. The van der Waals surface area contributed by atoms with Gasteiger partial charge in [-0.1, -0.05) is 47.5 Å². The maximum Gasteiger partial charge on any atom is 0.245 e. The summed E-state index contributed by atoms with van der Waals surface area (Å²) in [5.74, 6) is 0.488. The first kappa shape index (κ1) is 17.4. The quantitative estimate of drug-likeness (QED) is 0.643. The van der Waals surface area contributed by atoms with Crippen LogP contribution in [-0.2, 0) is 9.53 Å². The number of nitrogens with one attached hydrogen (secondary N) is 1. The van der Waals surface area contributed by atoms with Crippen molar-refractivity contribution in [3.8, 4) is 0 Å². The maximum atomic E-state index is 11.4. The molecule has 1 amide bonds.